The summed E-state index contributed by atoms with van der Waals surface area (Å²) in [4.78, 5) is 14.2. The van der Waals surface area contributed by atoms with Crippen LogP contribution < -0.4 is 15.2 Å². The lowest BCUT2D eigenvalue weighted by Gasteiger charge is -2.15. The molecule has 1 aliphatic rings. The van der Waals surface area contributed by atoms with Gasteiger partial charge in [-0.25, -0.2) is 0 Å². The third-order valence-corrected chi connectivity index (χ3v) is 2.89. The topological polar surface area (TPSA) is 86.4 Å². The average Bonchev–Trinajstić information content (AvgIpc) is 3.20. The molecule has 7 nitrogen and oxygen atoms in total. The minimum absolute atomic E-state index is 0.117. The lowest BCUT2D eigenvalue weighted by Crippen LogP contribution is -2.26. The predicted octanol–water partition coefficient (Wildman–Crippen LogP) is 0.716. The molecule has 7 heteroatoms. The fraction of sp³-hybridized carbons (Fsp3) is 0.750. The highest BCUT2D eigenvalue weighted by atomic mass is 16.5. The van der Waals surface area contributed by atoms with Gasteiger partial charge in [0.25, 0.3) is 0 Å². The number of aromatic nitrogens is 3. The second kappa shape index (κ2) is 6.51. The van der Waals surface area contributed by atoms with Crippen LogP contribution in [0.4, 0.5) is 5.95 Å². The molecule has 0 bridgehead atoms. The second-order valence-electron chi connectivity index (χ2n) is 4.67. The molecule has 19 heavy (non-hydrogen) atoms. The zero-order valence-corrected chi connectivity index (χ0v) is 11.5. The van der Waals surface area contributed by atoms with E-state index in [1.54, 1.807) is 0 Å². The zero-order valence-electron chi connectivity index (χ0n) is 11.5. The van der Waals surface area contributed by atoms with Gasteiger partial charge in [-0.3, -0.25) is 0 Å². The molecule has 0 atom stereocenters. The van der Waals surface area contributed by atoms with Crippen molar-refractivity contribution in [1.29, 1.82) is 0 Å². The average molecular weight is 267 g/mol. The summed E-state index contributed by atoms with van der Waals surface area (Å²) in [6.45, 7) is 3.94. The lowest BCUT2D eigenvalue weighted by atomic mass is 10.5. The monoisotopic (exact) mass is 267 g/mol. The van der Waals surface area contributed by atoms with Gasteiger partial charge in [0.2, 0.25) is 5.95 Å². The molecule has 1 fully saturated rings. The fourth-order valence-electron chi connectivity index (χ4n) is 1.65. The number of ether oxygens (including phenoxy) is 2. The quantitative estimate of drug-likeness (QED) is 0.742. The molecular formula is C12H21N5O2. The molecule has 1 heterocycles. The molecule has 0 amide bonds. The summed E-state index contributed by atoms with van der Waals surface area (Å²) in [7, 11) is 2.10. The number of nitrogen functional groups attached to an aromatic ring is 1. The Balaban J connectivity index is 1.82. The third-order valence-electron chi connectivity index (χ3n) is 2.89. The Kier molecular flexibility index (Phi) is 4.73. The van der Waals surface area contributed by atoms with Gasteiger partial charge in [-0.1, -0.05) is 6.92 Å². The molecule has 0 aliphatic heterocycles. The molecule has 1 aromatic rings. The highest BCUT2D eigenvalue weighted by molar-refractivity contribution is 5.20. The van der Waals surface area contributed by atoms with Crippen LogP contribution >= 0.6 is 0 Å². The fourth-order valence-corrected chi connectivity index (χ4v) is 1.65. The van der Waals surface area contributed by atoms with Gasteiger partial charge in [-0.2, -0.15) is 9.97 Å². The molecule has 0 spiro atoms. The van der Waals surface area contributed by atoms with Gasteiger partial charge in [0, 0.05) is 12.6 Å². The maximum absolute atomic E-state index is 5.59. The van der Waals surface area contributed by atoms with Gasteiger partial charge in [0.15, 0.2) is 0 Å². The standard InChI is InChI=1S/C12H21N5O2/c1-3-7-18-11-14-10(13)15-12(16-11)19-8-6-17(2)9-4-5-9/h9H,3-8H2,1-2H3,(H2,13,14,15,16). The van der Waals surface area contributed by atoms with Crippen molar-refractivity contribution < 1.29 is 9.47 Å². The van der Waals surface area contributed by atoms with Crippen LogP contribution in [0, 0.1) is 0 Å². The van der Waals surface area contributed by atoms with Crippen molar-refractivity contribution in [2.24, 2.45) is 0 Å². The number of hydrogen-bond donors (Lipinski definition) is 1. The first kappa shape index (κ1) is 13.8. The Morgan fingerprint density at radius 2 is 1.79 bits per heavy atom. The summed E-state index contributed by atoms with van der Waals surface area (Å²) in [5, 5.41) is 0. The number of anilines is 1. The van der Waals surface area contributed by atoms with E-state index in [4.69, 9.17) is 15.2 Å². The van der Waals surface area contributed by atoms with Gasteiger partial charge in [-0.05, 0) is 26.3 Å². The first-order chi connectivity index (χ1) is 9.19. The Hall–Kier alpha value is -1.63. The van der Waals surface area contributed by atoms with E-state index in [0.29, 0.717) is 13.2 Å². The molecule has 1 saturated carbocycles. The summed E-state index contributed by atoms with van der Waals surface area (Å²) in [5.74, 6) is 0.117. The van der Waals surface area contributed by atoms with Crippen LogP contribution in [0.15, 0.2) is 0 Å². The van der Waals surface area contributed by atoms with Crippen LogP contribution in [-0.2, 0) is 0 Å². The lowest BCUT2D eigenvalue weighted by molar-refractivity contribution is 0.214. The van der Waals surface area contributed by atoms with E-state index in [1.807, 2.05) is 6.92 Å². The van der Waals surface area contributed by atoms with Crippen LogP contribution in [0.25, 0.3) is 0 Å². The molecule has 2 N–H and O–H groups in total. The van der Waals surface area contributed by atoms with Crippen molar-refractivity contribution in [3.63, 3.8) is 0 Å². The van der Waals surface area contributed by atoms with Crippen LogP contribution in [0.2, 0.25) is 0 Å². The number of likely N-dealkylation sites (N-methyl/N-ethyl adjacent to an activating group) is 1. The molecule has 2 rings (SSSR count). The van der Waals surface area contributed by atoms with Crippen LogP contribution in [0.5, 0.6) is 12.0 Å². The van der Waals surface area contributed by atoms with Gasteiger partial charge in [0.1, 0.15) is 6.61 Å². The molecular weight excluding hydrogens is 246 g/mol. The van der Waals surface area contributed by atoms with E-state index >= 15 is 0 Å². The molecule has 0 unspecified atom stereocenters. The first-order valence-corrected chi connectivity index (χ1v) is 6.66. The van der Waals surface area contributed by atoms with E-state index in [1.165, 1.54) is 12.8 Å². The summed E-state index contributed by atoms with van der Waals surface area (Å²) < 4.78 is 10.8. The molecule has 106 valence electrons. The predicted molar refractivity (Wildman–Crippen MR) is 71.2 cm³/mol. The maximum atomic E-state index is 5.59. The number of nitrogens with two attached hydrogens (primary N) is 1. The zero-order chi connectivity index (χ0) is 13.7. The van der Waals surface area contributed by atoms with E-state index in [2.05, 4.69) is 26.9 Å². The van der Waals surface area contributed by atoms with Crippen molar-refractivity contribution in [1.82, 2.24) is 19.9 Å². The largest absolute Gasteiger partial charge is 0.463 e. The first-order valence-electron chi connectivity index (χ1n) is 6.66. The maximum Gasteiger partial charge on any atom is 0.324 e. The number of hydrogen-bond acceptors (Lipinski definition) is 7. The summed E-state index contributed by atoms with van der Waals surface area (Å²) in [5.41, 5.74) is 5.59. The van der Waals surface area contributed by atoms with E-state index in [-0.39, 0.29) is 18.0 Å². The van der Waals surface area contributed by atoms with E-state index in [9.17, 15) is 0 Å². The summed E-state index contributed by atoms with van der Waals surface area (Å²) in [6, 6.07) is 1.16. The van der Waals surface area contributed by atoms with E-state index in [0.717, 1.165) is 19.0 Å². The normalized spacial score (nSPS) is 14.7. The van der Waals surface area contributed by atoms with Gasteiger partial charge in [0.05, 0.1) is 6.61 Å². The van der Waals surface area contributed by atoms with Gasteiger partial charge >= 0.3 is 12.0 Å². The van der Waals surface area contributed by atoms with E-state index < -0.39 is 0 Å². The minimum atomic E-state index is 0.117. The van der Waals surface area contributed by atoms with Crippen LogP contribution in [0.1, 0.15) is 26.2 Å². The number of nitrogens with zero attached hydrogens (tertiary/aromatic N) is 4. The molecule has 0 aromatic carbocycles. The van der Waals surface area contributed by atoms with Crippen molar-refractivity contribution in [3.8, 4) is 12.0 Å². The van der Waals surface area contributed by atoms with Crippen LogP contribution in [-0.4, -0.2) is 52.7 Å². The Labute approximate surface area is 113 Å². The second-order valence-corrected chi connectivity index (χ2v) is 4.67. The van der Waals surface area contributed by atoms with Crippen LogP contribution in [0.3, 0.4) is 0 Å². The van der Waals surface area contributed by atoms with Crippen molar-refractivity contribution in [2.75, 3.05) is 32.5 Å². The summed E-state index contributed by atoms with van der Waals surface area (Å²) in [6.07, 6.45) is 3.45. The van der Waals surface area contributed by atoms with Crippen molar-refractivity contribution in [2.45, 2.75) is 32.2 Å². The van der Waals surface area contributed by atoms with Gasteiger partial charge in [-0.15, -0.1) is 4.98 Å². The Morgan fingerprint density at radius 3 is 2.37 bits per heavy atom. The Bertz CT molecular complexity index is 411. The molecule has 0 radical (unpaired) electrons. The summed E-state index contributed by atoms with van der Waals surface area (Å²) >= 11 is 0. The Morgan fingerprint density at radius 1 is 1.16 bits per heavy atom. The highest BCUT2D eigenvalue weighted by Gasteiger charge is 2.25. The molecule has 0 saturated heterocycles. The third kappa shape index (κ3) is 4.51. The van der Waals surface area contributed by atoms with Crippen molar-refractivity contribution >= 4 is 5.95 Å². The molecule has 1 aromatic heterocycles. The van der Waals surface area contributed by atoms with Crippen molar-refractivity contribution in [3.05, 3.63) is 0 Å². The van der Waals surface area contributed by atoms with Gasteiger partial charge < -0.3 is 20.1 Å². The molecule has 1 aliphatic carbocycles. The minimum Gasteiger partial charge on any atom is -0.463 e. The number of rotatable bonds is 8. The SMILES string of the molecule is CCCOc1nc(N)nc(OCCN(C)C2CC2)n1. The smallest absolute Gasteiger partial charge is 0.324 e. The highest BCUT2D eigenvalue weighted by Crippen LogP contribution is 2.24.